The predicted molar refractivity (Wildman–Crippen MR) is 158 cm³/mol. The molecule has 0 aliphatic carbocycles. The van der Waals surface area contributed by atoms with Crippen LogP contribution in [0.1, 0.15) is 18.1 Å². The summed E-state index contributed by atoms with van der Waals surface area (Å²) in [5.41, 5.74) is 1.34. The van der Waals surface area contributed by atoms with Crippen molar-refractivity contribution in [3.05, 3.63) is 85.3 Å². The van der Waals surface area contributed by atoms with Gasteiger partial charge in [-0.2, -0.15) is 0 Å². The number of imide groups is 2. The van der Waals surface area contributed by atoms with Crippen molar-refractivity contribution in [2.24, 2.45) is 0 Å². The van der Waals surface area contributed by atoms with Crippen LogP contribution in [0.25, 0.3) is 6.08 Å². The Morgan fingerprint density at radius 1 is 0.927 bits per heavy atom. The molecule has 0 saturated carbocycles. The molecule has 9 nitrogen and oxygen atoms in total. The Balaban J connectivity index is 1.58. The molecule has 0 radical (unpaired) electrons. The Kier molecular flexibility index (Phi) is 9.45. The molecule has 0 spiro atoms. The summed E-state index contributed by atoms with van der Waals surface area (Å²) in [4.78, 5) is 51.7. The van der Waals surface area contributed by atoms with Gasteiger partial charge in [-0.05, 0) is 73.5 Å². The van der Waals surface area contributed by atoms with Crippen LogP contribution in [0.2, 0.25) is 20.1 Å². The first-order valence-electron chi connectivity index (χ1n) is 12.0. The van der Waals surface area contributed by atoms with Crippen molar-refractivity contribution in [2.75, 3.05) is 23.4 Å². The van der Waals surface area contributed by atoms with E-state index in [1.165, 1.54) is 30.3 Å². The van der Waals surface area contributed by atoms with Gasteiger partial charge in [0.05, 0.1) is 27.4 Å². The SMILES string of the molecule is CCOc1cc(/C=C2\C(=O)NC(=O)N(c3ccc(C)c(Cl)c3)C2=O)cc(Cl)c1OCC(=O)Nc1ccc(Cl)c(Cl)c1. The minimum Gasteiger partial charge on any atom is -0.490 e. The normalized spacial score (nSPS) is 14.2. The third-order valence-electron chi connectivity index (χ3n) is 5.71. The van der Waals surface area contributed by atoms with Gasteiger partial charge in [0.1, 0.15) is 5.57 Å². The summed E-state index contributed by atoms with van der Waals surface area (Å²) in [7, 11) is 0. The van der Waals surface area contributed by atoms with Crippen LogP contribution in [0.3, 0.4) is 0 Å². The number of rotatable bonds is 8. The largest absolute Gasteiger partial charge is 0.490 e. The minimum atomic E-state index is -0.909. The Morgan fingerprint density at radius 3 is 2.37 bits per heavy atom. The first kappa shape index (κ1) is 30.2. The number of halogens is 4. The molecule has 1 fully saturated rings. The maximum absolute atomic E-state index is 13.3. The molecule has 41 heavy (non-hydrogen) atoms. The number of aryl methyl sites for hydroxylation is 1. The van der Waals surface area contributed by atoms with E-state index in [9.17, 15) is 19.2 Å². The second kappa shape index (κ2) is 12.8. The van der Waals surface area contributed by atoms with Gasteiger partial charge < -0.3 is 14.8 Å². The van der Waals surface area contributed by atoms with Crippen molar-refractivity contribution in [3.8, 4) is 11.5 Å². The molecule has 0 atom stereocenters. The molecule has 2 N–H and O–H groups in total. The monoisotopic (exact) mass is 635 g/mol. The fraction of sp³-hybridized carbons (Fsp3) is 0.143. The van der Waals surface area contributed by atoms with Gasteiger partial charge in [0.25, 0.3) is 17.7 Å². The van der Waals surface area contributed by atoms with E-state index in [1.54, 1.807) is 38.1 Å². The first-order valence-corrected chi connectivity index (χ1v) is 13.5. The van der Waals surface area contributed by atoms with Gasteiger partial charge >= 0.3 is 6.03 Å². The highest BCUT2D eigenvalue weighted by atomic mass is 35.5. The molecule has 0 unspecified atom stereocenters. The molecule has 3 aromatic rings. The summed E-state index contributed by atoms with van der Waals surface area (Å²) in [5.74, 6) is -2.00. The zero-order valence-corrected chi connectivity index (χ0v) is 24.5. The summed E-state index contributed by atoms with van der Waals surface area (Å²) in [6, 6.07) is 11.3. The topological polar surface area (TPSA) is 114 Å². The molecule has 1 heterocycles. The van der Waals surface area contributed by atoms with E-state index >= 15 is 0 Å². The van der Waals surface area contributed by atoms with Gasteiger partial charge in [0.2, 0.25) is 0 Å². The summed E-state index contributed by atoms with van der Waals surface area (Å²) in [6.45, 7) is 3.30. The van der Waals surface area contributed by atoms with Crippen molar-refractivity contribution in [2.45, 2.75) is 13.8 Å². The second-order valence-electron chi connectivity index (χ2n) is 8.62. The van der Waals surface area contributed by atoms with Crippen LogP contribution >= 0.6 is 46.4 Å². The fourth-order valence-corrected chi connectivity index (χ4v) is 4.51. The number of hydrogen-bond donors (Lipinski definition) is 2. The number of amides is 5. The van der Waals surface area contributed by atoms with Crippen LogP contribution in [-0.2, 0) is 14.4 Å². The lowest BCUT2D eigenvalue weighted by Crippen LogP contribution is -2.54. The number of nitrogens with one attached hydrogen (secondary N) is 2. The van der Waals surface area contributed by atoms with Gasteiger partial charge in [-0.25, -0.2) is 9.69 Å². The average molecular weight is 637 g/mol. The highest BCUT2D eigenvalue weighted by molar-refractivity contribution is 6.42. The van der Waals surface area contributed by atoms with E-state index in [0.29, 0.717) is 21.3 Å². The smallest absolute Gasteiger partial charge is 0.335 e. The molecular formula is C28H21Cl4N3O6. The highest BCUT2D eigenvalue weighted by Crippen LogP contribution is 2.38. The lowest BCUT2D eigenvalue weighted by atomic mass is 10.1. The third kappa shape index (κ3) is 6.94. The summed E-state index contributed by atoms with van der Waals surface area (Å²) < 4.78 is 11.3. The van der Waals surface area contributed by atoms with Crippen LogP contribution in [-0.4, -0.2) is 37.0 Å². The number of hydrogen-bond acceptors (Lipinski definition) is 6. The number of barbiturate groups is 1. The molecule has 3 aromatic carbocycles. The van der Waals surface area contributed by atoms with E-state index < -0.39 is 30.4 Å². The fourth-order valence-electron chi connectivity index (χ4n) is 3.76. The predicted octanol–water partition coefficient (Wildman–Crippen LogP) is 6.69. The van der Waals surface area contributed by atoms with Crippen molar-refractivity contribution >= 4 is 87.6 Å². The van der Waals surface area contributed by atoms with Crippen LogP contribution in [0.15, 0.2) is 54.1 Å². The van der Waals surface area contributed by atoms with Crippen LogP contribution < -0.4 is 25.0 Å². The lowest BCUT2D eigenvalue weighted by molar-refractivity contribution is -0.122. The molecule has 1 aliphatic heterocycles. The van der Waals surface area contributed by atoms with E-state index in [-0.39, 0.29) is 39.4 Å². The van der Waals surface area contributed by atoms with E-state index in [4.69, 9.17) is 55.9 Å². The average Bonchev–Trinajstić information content (AvgIpc) is 2.90. The molecule has 5 amide bonds. The minimum absolute atomic E-state index is 0.0482. The quantitative estimate of drug-likeness (QED) is 0.210. The van der Waals surface area contributed by atoms with E-state index in [0.717, 1.165) is 10.5 Å². The van der Waals surface area contributed by atoms with Gasteiger partial charge in [0, 0.05) is 10.7 Å². The third-order valence-corrected chi connectivity index (χ3v) is 7.14. The molecule has 0 bridgehead atoms. The summed E-state index contributed by atoms with van der Waals surface area (Å²) >= 11 is 24.5. The molecule has 212 valence electrons. The van der Waals surface area contributed by atoms with Gasteiger partial charge in [-0.1, -0.05) is 52.5 Å². The number of nitrogens with zero attached hydrogens (tertiary/aromatic N) is 1. The first-order chi connectivity index (χ1) is 19.5. The molecule has 4 rings (SSSR count). The maximum atomic E-state index is 13.3. The Bertz CT molecular complexity index is 1610. The number of ether oxygens (including phenoxy) is 2. The number of benzene rings is 3. The maximum Gasteiger partial charge on any atom is 0.335 e. The molecule has 1 aliphatic rings. The van der Waals surface area contributed by atoms with Crippen LogP contribution in [0.5, 0.6) is 11.5 Å². The van der Waals surface area contributed by atoms with Gasteiger partial charge in [0.15, 0.2) is 18.1 Å². The Morgan fingerprint density at radius 2 is 1.68 bits per heavy atom. The Hall–Kier alpha value is -3.76. The number of carbonyl (C=O) groups is 4. The lowest BCUT2D eigenvalue weighted by Gasteiger charge is -2.26. The highest BCUT2D eigenvalue weighted by Gasteiger charge is 2.37. The van der Waals surface area contributed by atoms with Crippen molar-refractivity contribution in [3.63, 3.8) is 0 Å². The van der Waals surface area contributed by atoms with Gasteiger partial charge in [-0.3, -0.25) is 19.7 Å². The van der Waals surface area contributed by atoms with Crippen molar-refractivity contribution in [1.29, 1.82) is 0 Å². The Labute approximate surface area is 254 Å². The summed E-state index contributed by atoms with van der Waals surface area (Å²) in [5, 5.41) is 5.80. The standard InChI is InChI=1S/C28H21Cl4N3O6/c1-3-40-23-10-15(9-22(32)25(23)41-13-24(36)33-16-5-7-19(29)21(31)11-16)8-18-26(37)34-28(39)35(27(18)38)17-6-4-14(2)20(30)12-17/h4-12H,3,13H2,1-2H3,(H,33,36)(H,34,37,39)/b18-8+. The molecular weight excluding hydrogens is 616 g/mol. The zero-order chi connectivity index (χ0) is 29.8. The van der Waals surface area contributed by atoms with Gasteiger partial charge in [-0.15, -0.1) is 0 Å². The number of carbonyl (C=O) groups excluding carboxylic acids is 4. The van der Waals surface area contributed by atoms with Crippen molar-refractivity contribution in [1.82, 2.24) is 5.32 Å². The van der Waals surface area contributed by atoms with E-state index in [1.807, 2.05) is 0 Å². The second-order valence-corrected chi connectivity index (χ2v) is 10.2. The molecule has 13 heteroatoms. The number of urea groups is 1. The number of anilines is 2. The van der Waals surface area contributed by atoms with Crippen LogP contribution in [0, 0.1) is 6.92 Å². The zero-order valence-electron chi connectivity index (χ0n) is 21.5. The molecule has 1 saturated heterocycles. The summed E-state index contributed by atoms with van der Waals surface area (Å²) in [6.07, 6.45) is 1.27. The van der Waals surface area contributed by atoms with Crippen LogP contribution in [0.4, 0.5) is 16.2 Å². The van der Waals surface area contributed by atoms with Crippen molar-refractivity contribution < 1.29 is 28.7 Å². The van der Waals surface area contributed by atoms with E-state index in [2.05, 4.69) is 10.6 Å². The molecule has 0 aromatic heterocycles.